The van der Waals surface area contributed by atoms with Gasteiger partial charge in [0.05, 0.1) is 10.6 Å². The Morgan fingerprint density at radius 2 is 1.82 bits per heavy atom. The maximum Gasteiger partial charge on any atom is 0.416 e. The molecule has 0 bridgehead atoms. The van der Waals surface area contributed by atoms with E-state index in [4.69, 9.17) is 11.6 Å². The maximum absolute atomic E-state index is 13.6. The zero-order chi connectivity index (χ0) is 24.8. The molecule has 34 heavy (non-hydrogen) atoms. The smallest absolute Gasteiger partial charge is 0.342 e. The number of pyridine rings is 1. The molecular weight excluding hydrogens is 473 g/mol. The number of amides is 3. The second kappa shape index (κ2) is 8.90. The first-order chi connectivity index (χ1) is 16.0. The Bertz CT molecular complexity index is 1130. The highest BCUT2D eigenvalue weighted by Crippen LogP contribution is 2.33. The molecule has 0 aliphatic carbocycles. The van der Waals surface area contributed by atoms with E-state index in [2.05, 4.69) is 4.98 Å². The van der Waals surface area contributed by atoms with Crippen molar-refractivity contribution in [3.8, 4) is 0 Å². The number of benzene rings is 1. The van der Waals surface area contributed by atoms with Crippen molar-refractivity contribution in [3.63, 3.8) is 0 Å². The van der Waals surface area contributed by atoms with Gasteiger partial charge in [0.2, 0.25) is 11.8 Å². The number of piperazine rings is 1. The molecule has 3 amide bonds. The summed E-state index contributed by atoms with van der Waals surface area (Å²) in [6.07, 6.45) is -3.07. The maximum atomic E-state index is 13.6. The number of hydrogen-bond donors (Lipinski definition) is 0. The molecule has 1 unspecified atom stereocenters. The Hall–Kier alpha value is -3.14. The summed E-state index contributed by atoms with van der Waals surface area (Å²) in [4.78, 5) is 47.0. The molecule has 2 fully saturated rings. The first-order valence-corrected chi connectivity index (χ1v) is 11.0. The lowest BCUT2D eigenvalue weighted by Gasteiger charge is -2.49. The molecule has 11 heteroatoms. The number of nitrogens with zero attached hydrogens (tertiary/aromatic N) is 4. The molecule has 2 saturated heterocycles. The molecule has 0 spiro atoms. The summed E-state index contributed by atoms with van der Waals surface area (Å²) >= 11 is 5.98. The molecule has 1 aromatic carbocycles. The van der Waals surface area contributed by atoms with Crippen LogP contribution in [-0.4, -0.2) is 58.2 Å². The van der Waals surface area contributed by atoms with E-state index in [1.807, 2.05) is 0 Å². The van der Waals surface area contributed by atoms with Crippen LogP contribution in [0.2, 0.25) is 5.02 Å². The third-order valence-electron chi connectivity index (χ3n) is 6.18. The molecular formula is C23H22ClF3N4O3. The Balaban J connectivity index is 1.63. The molecule has 2 aromatic rings. The van der Waals surface area contributed by atoms with Gasteiger partial charge in [-0.15, -0.1) is 0 Å². The van der Waals surface area contributed by atoms with Gasteiger partial charge in [0.25, 0.3) is 5.91 Å². The molecule has 0 saturated carbocycles. The summed E-state index contributed by atoms with van der Waals surface area (Å²) in [7, 11) is 0. The van der Waals surface area contributed by atoms with E-state index in [9.17, 15) is 27.6 Å². The SMILES string of the molecule is CC(=O)N1CC(C2C(=O)N(c3ncc(Cl)cc3C)CC(=O)N2Cc2ccc(C(F)(F)F)cc2)C1. The summed E-state index contributed by atoms with van der Waals surface area (Å²) < 4.78 is 38.7. The number of anilines is 1. The first kappa shape index (κ1) is 24.0. The van der Waals surface area contributed by atoms with Crippen molar-refractivity contribution in [1.29, 1.82) is 0 Å². The summed E-state index contributed by atoms with van der Waals surface area (Å²) in [6, 6.07) is 5.28. The van der Waals surface area contributed by atoms with Crippen molar-refractivity contribution in [3.05, 3.63) is 58.2 Å². The molecule has 2 aliphatic rings. The molecule has 3 heterocycles. The highest BCUT2D eigenvalue weighted by atomic mass is 35.5. The number of hydrogen-bond acceptors (Lipinski definition) is 4. The van der Waals surface area contributed by atoms with Crippen LogP contribution in [0.15, 0.2) is 36.5 Å². The van der Waals surface area contributed by atoms with Crippen LogP contribution in [0.25, 0.3) is 0 Å². The minimum absolute atomic E-state index is 0.0230. The highest BCUT2D eigenvalue weighted by molar-refractivity contribution is 6.30. The van der Waals surface area contributed by atoms with Gasteiger partial charge in [-0.1, -0.05) is 23.7 Å². The average Bonchev–Trinajstić information content (AvgIpc) is 2.71. The van der Waals surface area contributed by atoms with E-state index in [-0.39, 0.29) is 36.7 Å². The van der Waals surface area contributed by atoms with Gasteiger partial charge in [-0.25, -0.2) is 4.98 Å². The average molecular weight is 495 g/mol. The second-order valence-corrected chi connectivity index (χ2v) is 9.00. The normalized spacial score (nSPS) is 19.5. The fraction of sp³-hybridized carbons (Fsp3) is 0.391. The van der Waals surface area contributed by atoms with Crippen LogP contribution >= 0.6 is 11.6 Å². The largest absolute Gasteiger partial charge is 0.416 e. The Morgan fingerprint density at radius 3 is 2.38 bits per heavy atom. The van der Waals surface area contributed by atoms with Crippen LogP contribution < -0.4 is 4.90 Å². The third-order valence-corrected chi connectivity index (χ3v) is 6.38. The standard InChI is InChI=1S/C23H22ClF3N4O3/c1-13-7-18(24)8-28-21(13)31-12-19(33)30(9-15-3-5-17(6-4-15)23(25,26)27)20(22(31)34)16-10-29(11-16)14(2)32/h3-8,16,20H,9-12H2,1-2H3. The molecule has 7 nitrogen and oxygen atoms in total. The minimum atomic E-state index is -4.47. The van der Waals surface area contributed by atoms with Crippen LogP contribution in [0.4, 0.5) is 19.0 Å². The lowest BCUT2D eigenvalue weighted by Crippen LogP contribution is -2.68. The monoisotopic (exact) mass is 494 g/mol. The van der Waals surface area contributed by atoms with Gasteiger partial charge in [-0.2, -0.15) is 13.2 Å². The number of carbonyl (C=O) groups excluding carboxylic acids is 3. The number of aromatic nitrogens is 1. The highest BCUT2D eigenvalue weighted by Gasteiger charge is 2.49. The number of rotatable bonds is 4. The molecule has 4 rings (SSSR count). The molecule has 2 aliphatic heterocycles. The predicted octanol–water partition coefficient (Wildman–Crippen LogP) is 3.28. The van der Waals surface area contributed by atoms with Gasteiger partial charge in [-0.05, 0) is 36.2 Å². The van der Waals surface area contributed by atoms with Crippen molar-refractivity contribution in [2.45, 2.75) is 32.6 Å². The zero-order valence-corrected chi connectivity index (χ0v) is 19.2. The topological polar surface area (TPSA) is 73.8 Å². The van der Waals surface area contributed by atoms with E-state index in [0.29, 0.717) is 35.1 Å². The van der Waals surface area contributed by atoms with E-state index in [1.165, 1.54) is 35.1 Å². The van der Waals surface area contributed by atoms with Crippen LogP contribution in [0, 0.1) is 12.8 Å². The summed E-state index contributed by atoms with van der Waals surface area (Å²) in [5.41, 5.74) is 0.305. The van der Waals surface area contributed by atoms with Crippen molar-refractivity contribution >= 4 is 35.1 Å². The van der Waals surface area contributed by atoms with Crippen molar-refractivity contribution < 1.29 is 27.6 Å². The number of likely N-dealkylation sites (tertiary alicyclic amines) is 1. The molecule has 0 radical (unpaired) electrons. The van der Waals surface area contributed by atoms with Crippen LogP contribution in [-0.2, 0) is 27.1 Å². The first-order valence-electron chi connectivity index (χ1n) is 10.6. The van der Waals surface area contributed by atoms with Crippen molar-refractivity contribution in [1.82, 2.24) is 14.8 Å². The lowest BCUT2D eigenvalue weighted by molar-refractivity contribution is -0.152. The minimum Gasteiger partial charge on any atom is -0.342 e. The van der Waals surface area contributed by atoms with Gasteiger partial charge in [-0.3, -0.25) is 19.3 Å². The van der Waals surface area contributed by atoms with Gasteiger partial charge < -0.3 is 9.80 Å². The fourth-order valence-electron chi connectivity index (χ4n) is 4.36. The van der Waals surface area contributed by atoms with Gasteiger partial charge >= 0.3 is 6.18 Å². The lowest BCUT2D eigenvalue weighted by atomic mass is 9.87. The Morgan fingerprint density at radius 1 is 1.18 bits per heavy atom. The van der Waals surface area contributed by atoms with Gasteiger partial charge in [0.1, 0.15) is 18.4 Å². The van der Waals surface area contributed by atoms with Gasteiger partial charge in [0, 0.05) is 38.7 Å². The van der Waals surface area contributed by atoms with Crippen LogP contribution in [0.1, 0.15) is 23.6 Å². The van der Waals surface area contributed by atoms with Gasteiger partial charge in [0.15, 0.2) is 0 Å². The summed E-state index contributed by atoms with van der Waals surface area (Å²) in [5, 5.41) is 0.397. The number of carbonyl (C=O) groups is 3. The third kappa shape index (κ3) is 4.59. The predicted molar refractivity (Wildman–Crippen MR) is 118 cm³/mol. The zero-order valence-electron chi connectivity index (χ0n) is 18.5. The molecule has 1 atom stereocenters. The number of aryl methyl sites for hydroxylation is 1. The Labute approximate surface area is 199 Å². The molecule has 0 N–H and O–H groups in total. The quantitative estimate of drug-likeness (QED) is 0.654. The molecule has 180 valence electrons. The van der Waals surface area contributed by atoms with E-state index in [1.54, 1.807) is 17.9 Å². The van der Waals surface area contributed by atoms with Crippen LogP contribution in [0.5, 0.6) is 0 Å². The van der Waals surface area contributed by atoms with Crippen molar-refractivity contribution in [2.24, 2.45) is 5.92 Å². The summed E-state index contributed by atoms with van der Waals surface area (Å²) in [6.45, 7) is 3.50. The molecule has 1 aromatic heterocycles. The van der Waals surface area contributed by atoms with Crippen molar-refractivity contribution in [2.75, 3.05) is 24.5 Å². The fourth-order valence-corrected chi connectivity index (χ4v) is 4.57. The van der Waals surface area contributed by atoms with E-state index in [0.717, 1.165) is 12.1 Å². The van der Waals surface area contributed by atoms with E-state index >= 15 is 0 Å². The van der Waals surface area contributed by atoms with E-state index < -0.39 is 17.8 Å². The van der Waals surface area contributed by atoms with Crippen LogP contribution in [0.3, 0.4) is 0 Å². The Kier molecular flexibility index (Phi) is 6.28. The summed E-state index contributed by atoms with van der Waals surface area (Å²) in [5.74, 6) is -0.818. The number of halogens is 4. The number of alkyl halides is 3. The second-order valence-electron chi connectivity index (χ2n) is 8.56.